The maximum atomic E-state index is 13.1. The molecule has 0 fully saturated rings. The van der Waals surface area contributed by atoms with Crippen molar-refractivity contribution in [1.29, 1.82) is 0 Å². The lowest BCUT2D eigenvalue weighted by atomic mass is 10.1. The first-order valence-corrected chi connectivity index (χ1v) is 20.4. The molecule has 0 saturated carbocycles. The summed E-state index contributed by atoms with van der Waals surface area (Å²) in [4.78, 5) is 41.8. The van der Waals surface area contributed by atoms with Gasteiger partial charge < -0.3 is 19.3 Å². The lowest BCUT2D eigenvalue weighted by Crippen LogP contribution is -2.30. The van der Waals surface area contributed by atoms with Gasteiger partial charge in [-0.3, -0.25) is 14.4 Å². The van der Waals surface area contributed by atoms with E-state index in [0.29, 0.717) is 32.3 Å². The quantitative estimate of drug-likeness (QED) is 0.0317. The Hall–Kier alpha value is -2.50. The van der Waals surface area contributed by atoms with Crippen molar-refractivity contribution in [3.05, 3.63) is 36.0 Å². The van der Waals surface area contributed by atoms with Crippen molar-refractivity contribution in [1.82, 2.24) is 9.80 Å². The number of hydrogen-bond acceptors (Lipinski definition) is 7. The molecular formula is C42H72N2O5S. The molecule has 0 aromatic heterocycles. The largest absolute Gasteiger partial charge is 0.465 e. The standard InChI is InChI=1S/C42H72N2O5S/c1-8-11-12-13-14-15-20-25-34-48-40(45)27-21-16-18-23-32-44(42(47)50-35-26-31-43(6)7)33-24-19-17-22-28-41(46)49-39(10-3)36-38(9-2)30-29-37(4)5/h9,29-30,39H,2,8,10-14,16-19,21-28,31-36H2,1,3-7H3/b38-30+. The summed E-state index contributed by atoms with van der Waals surface area (Å²) in [7, 11) is 4.10. The molecule has 1 unspecified atom stereocenters. The van der Waals surface area contributed by atoms with Crippen LogP contribution in [0.25, 0.3) is 0 Å². The first kappa shape index (κ1) is 47.5. The molecule has 0 heterocycles. The summed E-state index contributed by atoms with van der Waals surface area (Å²) in [5.74, 6) is 6.81. The van der Waals surface area contributed by atoms with Gasteiger partial charge in [0.05, 0.1) is 0 Å². The third-order valence-corrected chi connectivity index (χ3v) is 9.23. The van der Waals surface area contributed by atoms with Gasteiger partial charge in [-0.2, -0.15) is 0 Å². The minimum absolute atomic E-state index is 0.138. The third-order valence-electron chi connectivity index (χ3n) is 8.23. The summed E-state index contributed by atoms with van der Waals surface area (Å²) in [6.07, 6.45) is 22.8. The normalized spacial score (nSPS) is 11.8. The smallest absolute Gasteiger partial charge is 0.306 e. The molecule has 0 radical (unpaired) electrons. The van der Waals surface area contributed by atoms with E-state index >= 15 is 0 Å². The van der Waals surface area contributed by atoms with Gasteiger partial charge in [0.1, 0.15) is 12.7 Å². The van der Waals surface area contributed by atoms with Crippen LogP contribution in [0.15, 0.2) is 36.0 Å². The molecule has 50 heavy (non-hydrogen) atoms. The van der Waals surface area contributed by atoms with Gasteiger partial charge in [0.2, 0.25) is 0 Å². The third kappa shape index (κ3) is 30.3. The van der Waals surface area contributed by atoms with Crippen molar-refractivity contribution >= 4 is 28.9 Å². The molecule has 0 aromatic carbocycles. The number of rotatable bonds is 30. The van der Waals surface area contributed by atoms with E-state index in [0.717, 1.165) is 108 Å². The fourth-order valence-electron chi connectivity index (χ4n) is 5.15. The molecule has 8 heteroatoms. The molecule has 286 valence electrons. The lowest BCUT2D eigenvalue weighted by Gasteiger charge is -2.22. The zero-order valence-corrected chi connectivity index (χ0v) is 33.6. The van der Waals surface area contributed by atoms with Crippen LogP contribution in [0, 0.1) is 11.8 Å². The van der Waals surface area contributed by atoms with Gasteiger partial charge >= 0.3 is 11.9 Å². The predicted octanol–water partition coefficient (Wildman–Crippen LogP) is 10.7. The average Bonchev–Trinajstić information content (AvgIpc) is 3.08. The Morgan fingerprint density at radius 1 is 0.760 bits per heavy atom. The second-order valence-corrected chi connectivity index (χ2v) is 14.7. The molecule has 1 amide bonds. The van der Waals surface area contributed by atoms with E-state index in [1.165, 1.54) is 36.6 Å². The molecule has 0 spiro atoms. The highest BCUT2D eigenvalue weighted by Crippen LogP contribution is 2.17. The molecular weight excluding hydrogens is 645 g/mol. The van der Waals surface area contributed by atoms with Gasteiger partial charge in [0.15, 0.2) is 0 Å². The van der Waals surface area contributed by atoms with E-state index in [1.807, 2.05) is 24.0 Å². The van der Waals surface area contributed by atoms with Crippen molar-refractivity contribution in [2.75, 3.05) is 46.1 Å². The Morgan fingerprint density at radius 2 is 1.38 bits per heavy atom. The first-order valence-electron chi connectivity index (χ1n) is 19.5. The number of allylic oxidation sites excluding steroid dienone is 4. The van der Waals surface area contributed by atoms with Gasteiger partial charge in [0.25, 0.3) is 5.24 Å². The fraction of sp³-hybridized carbons (Fsp3) is 0.738. The Labute approximate surface area is 311 Å². The van der Waals surface area contributed by atoms with E-state index in [9.17, 15) is 14.4 Å². The summed E-state index contributed by atoms with van der Waals surface area (Å²) in [5, 5.41) is 0.156. The summed E-state index contributed by atoms with van der Waals surface area (Å²) in [6, 6.07) is 0. The molecule has 0 aliphatic rings. The van der Waals surface area contributed by atoms with Crippen LogP contribution in [-0.4, -0.2) is 79.2 Å². The molecule has 0 rings (SSSR count). The fourth-order valence-corrected chi connectivity index (χ4v) is 5.97. The number of nitrogens with zero attached hydrogens (tertiary/aromatic N) is 2. The molecule has 0 aliphatic heterocycles. The highest BCUT2D eigenvalue weighted by Gasteiger charge is 2.15. The summed E-state index contributed by atoms with van der Waals surface area (Å²) in [6.45, 7) is 15.1. The van der Waals surface area contributed by atoms with E-state index in [1.54, 1.807) is 0 Å². The average molecular weight is 717 g/mol. The zero-order valence-electron chi connectivity index (χ0n) is 32.8. The van der Waals surface area contributed by atoms with E-state index in [-0.39, 0.29) is 23.3 Å². The van der Waals surface area contributed by atoms with E-state index < -0.39 is 0 Å². The molecule has 0 bridgehead atoms. The molecule has 1 atom stereocenters. The zero-order chi connectivity index (χ0) is 37.2. The van der Waals surface area contributed by atoms with E-state index in [4.69, 9.17) is 9.47 Å². The van der Waals surface area contributed by atoms with Crippen LogP contribution in [-0.2, 0) is 19.1 Å². The topological polar surface area (TPSA) is 76.1 Å². The van der Waals surface area contributed by atoms with Crippen LogP contribution < -0.4 is 0 Å². The van der Waals surface area contributed by atoms with Gasteiger partial charge in [-0.25, -0.2) is 0 Å². The highest BCUT2D eigenvalue weighted by atomic mass is 32.2. The lowest BCUT2D eigenvalue weighted by molar-refractivity contribution is -0.149. The predicted molar refractivity (Wildman–Crippen MR) is 213 cm³/mol. The van der Waals surface area contributed by atoms with Crippen molar-refractivity contribution in [2.45, 2.75) is 156 Å². The van der Waals surface area contributed by atoms with Crippen LogP contribution in [0.2, 0.25) is 0 Å². The minimum Gasteiger partial charge on any atom is -0.465 e. The van der Waals surface area contributed by atoms with Crippen LogP contribution in [0.3, 0.4) is 0 Å². The highest BCUT2D eigenvalue weighted by molar-refractivity contribution is 8.13. The van der Waals surface area contributed by atoms with Crippen molar-refractivity contribution < 1.29 is 23.9 Å². The number of unbranched alkanes of at least 4 members (excludes halogenated alkanes) is 10. The monoisotopic (exact) mass is 717 g/mol. The molecule has 0 N–H and O–H groups in total. The minimum atomic E-state index is -0.145. The summed E-state index contributed by atoms with van der Waals surface area (Å²) >= 11 is 1.42. The number of hydrogen-bond donors (Lipinski definition) is 0. The number of thioether (sulfide) groups is 1. The number of carbonyl (C=O) groups excluding carboxylic acids is 3. The van der Waals surface area contributed by atoms with Crippen molar-refractivity contribution in [2.24, 2.45) is 0 Å². The van der Waals surface area contributed by atoms with Gasteiger partial charge in [0, 0.05) is 50.9 Å². The Kier molecular flexibility index (Phi) is 32.0. The summed E-state index contributed by atoms with van der Waals surface area (Å²) < 4.78 is 11.1. The number of ether oxygens (including phenoxy) is 2. The number of carbonyl (C=O) groups is 3. The van der Waals surface area contributed by atoms with E-state index in [2.05, 4.69) is 64.3 Å². The van der Waals surface area contributed by atoms with Gasteiger partial charge in [-0.1, -0.05) is 107 Å². The molecule has 7 nitrogen and oxygen atoms in total. The molecule has 0 aromatic rings. The van der Waals surface area contributed by atoms with Gasteiger partial charge in [-0.15, -0.1) is 5.92 Å². The molecule has 0 saturated heterocycles. The molecule has 0 aliphatic carbocycles. The summed E-state index contributed by atoms with van der Waals surface area (Å²) in [5.41, 5.74) is 2.29. The van der Waals surface area contributed by atoms with Crippen LogP contribution in [0.5, 0.6) is 0 Å². The van der Waals surface area contributed by atoms with Crippen LogP contribution >= 0.6 is 11.8 Å². The Bertz CT molecular complexity index is 1040. The Morgan fingerprint density at radius 3 is 1.98 bits per heavy atom. The Balaban J connectivity index is 4.44. The SMILES string of the molecule is C=C/C(=C\C=C(C)C)CC(CC)OC(=O)CCCCCCN(CCCCCCC(=O)OCCC#CCCCCCC)C(=O)SCCCN(C)C. The maximum absolute atomic E-state index is 13.1. The number of esters is 2. The maximum Gasteiger partial charge on any atom is 0.306 e. The first-order chi connectivity index (χ1) is 24.1. The van der Waals surface area contributed by atoms with Crippen LogP contribution in [0.4, 0.5) is 4.79 Å². The number of amides is 1. The van der Waals surface area contributed by atoms with Crippen molar-refractivity contribution in [3.8, 4) is 11.8 Å². The van der Waals surface area contributed by atoms with Gasteiger partial charge in [-0.05, 0) is 85.0 Å². The second-order valence-electron chi connectivity index (χ2n) is 13.6. The second kappa shape index (κ2) is 33.6. The van der Waals surface area contributed by atoms with Crippen molar-refractivity contribution in [3.63, 3.8) is 0 Å². The van der Waals surface area contributed by atoms with Crippen LogP contribution in [0.1, 0.15) is 150 Å².